The van der Waals surface area contributed by atoms with Crippen molar-refractivity contribution in [2.24, 2.45) is 0 Å². The molecule has 7 heteroatoms. The lowest BCUT2D eigenvalue weighted by Crippen LogP contribution is -2.39. The number of hydrogen-bond donors (Lipinski definition) is 1. The second-order valence-electron chi connectivity index (χ2n) is 6.55. The second kappa shape index (κ2) is 8.51. The predicted molar refractivity (Wildman–Crippen MR) is 98.1 cm³/mol. The molecule has 1 heterocycles. The quantitative estimate of drug-likeness (QED) is 0.787. The second-order valence-corrected chi connectivity index (χ2v) is 6.55. The maximum absolute atomic E-state index is 12.6. The molecule has 2 aromatic rings. The van der Waals surface area contributed by atoms with Crippen LogP contribution >= 0.6 is 0 Å². The van der Waals surface area contributed by atoms with E-state index in [1.807, 2.05) is 38.1 Å². The number of carbonyl (C=O) groups is 2. The van der Waals surface area contributed by atoms with E-state index >= 15 is 0 Å². The molecule has 0 saturated carbocycles. The van der Waals surface area contributed by atoms with Gasteiger partial charge in [0.15, 0.2) is 5.69 Å². The SMILES string of the molecule is COC(=O)c1coc(CN(C(=O)Nc2ccc(C(C)C)cc2)C(C)C)n1. The first-order valence-corrected chi connectivity index (χ1v) is 8.52. The summed E-state index contributed by atoms with van der Waals surface area (Å²) in [5, 5.41) is 2.88. The Morgan fingerprint density at radius 1 is 1.19 bits per heavy atom. The fourth-order valence-corrected chi connectivity index (χ4v) is 2.36. The molecule has 1 aromatic carbocycles. The molecule has 2 rings (SSSR count). The topological polar surface area (TPSA) is 84.7 Å². The summed E-state index contributed by atoms with van der Waals surface area (Å²) in [4.78, 5) is 29.7. The minimum absolute atomic E-state index is 0.0795. The molecule has 1 aromatic heterocycles. The average Bonchev–Trinajstić information content (AvgIpc) is 3.07. The zero-order chi connectivity index (χ0) is 19.3. The number of rotatable bonds is 6. The van der Waals surface area contributed by atoms with Gasteiger partial charge in [0.2, 0.25) is 5.89 Å². The standard InChI is InChI=1S/C19H25N3O4/c1-12(2)14-6-8-15(9-7-14)20-19(24)22(13(3)4)10-17-21-16(11-26-17)18(23)25-5/h6-9,11-13H,10H2,1-5H3,(H,20,24). The van der Waals surface area contributed by atoms with Crippen LogP contribution in [0.2, 0.25) is 0 Å². The first-order chi connectivity index (χ1) is 12.3. The van der Waals surface area contributed by atoms with Gasteiger partial charge in [-0.2, -0.15) is 0 Å². The third-order valence-corrected chi connectivity index (χ3v) is 3.96. The van der Waals surface area contributed by atoms with Crippen molar-refractivity contribution in [3.05, 3.63) is 47.7 Å². The zero-order valence-electron chi connectivity index (χ0n) is 15.8. The fourth-order valence-electron chi connectivity index (χ4n) is 2.36. The van der Waals surface area contributed by atoms with Gasteiger partial charge < -0.3 is 19.4 Å². The van der Waals surface area contributed by atoms with Crippen molar-refractivity contribution >= 4 is 17.7 Å². The Morgan fingerprint density at radius 2 is 1.85 bits per heavy atom. The number of hydrogen-bond acceptors (Lipinski definition) is 5. The normalized spacial score (nSPS) is 10.9. The van der Waals surface area contributed by atoms with E-state index in [9.17, 15) is 9.59 Å². The van der Waals surface area contributed by atoms with Gasteiger partial charge in [-0.3, -0.25) is 0 Å². The summed E-state index contributed by atoms with van der Waals surface area (Å²) >= 11 is 0. The molecule has 0 bridgehead atoms. The Labute approximate surface area is 153 Å². The van der Waals surface area contributed by atoms with E-state index in [4.69, 9.17) is 4.42 Å². The molecule has 1 N–H and O–H groups in total. The summed E-state index contributed by atoms with van der Waals surface area (Å²) in [6.07, 6.45) is 1.22. The lowest BCUT2D eigenvalue weighted by atomic mass is 10.0. The Balaban J connectivity index is 2.07. The van der Waals surface area contributed by atoms with E-state index in [1.165, 1.54) is 18.9 Å². The number of anilines is 1. The van der Waals surface area contributed by atoms with Gasteiger partial charge in [0.1, 0.15) is 6.26 Å². The Hall–Kier alpha value is -2.83. The number of carbonyl (C=O) groups excluding carboxylic acids is 2. The van der Waals surface area contributed by atoms with Crippen LogP contribution in [0.4, 0.5) is 10.5 Å². The molecule has 2 amide bonds. The summed E-state index contributed by atoms with van der Waals surface area (Å²) in [6.45, 7) is 8.17. The van der Waals surface area contributed by atoms with Gasteiger partial charge in [0.25, 0.3) is 0 Å². The van der Waals surface area contributed by atoms with Crippen LogP contribution in [0.5, 0.6) is 0 Å². The molecule has 7 nitrogen and oxygen atoms in total. The van der Waals surface area contributed by atoms with Crippen molar-refractivity contribution < 1.29 is 18.7 Å². The number of nitrogens with one attached hydrogen (secondary N) is 1. The fraction of sp³-hybridized carbons (Fsp3) is 0.421. The molecule has 26 heavy (non-hydrogen) atoms. The van der Waals surface area contributed by atoms with E-state index in [1.54, 1.807) is 4.90 Å². The number of amides is 2. The Bertz CT molecular complexity index is 750. The van der Waals surface area contributed by atoms with E-state index in [-0.39, 0.29) is 30.2 Å². The number of aromatic nitrogens is 1. The number of oxazole rings is 1. The summed E-state index contributed by atoms with van der Waals surface area (Å²) in [7, 11) is 1.27. The van der Waals surface area contributed by atoms with E-state index in [0.717, 1.165) is 0 Å². The van der Waals surface area contributed by atoms with Crippen molar-refractivity contribution in [3.63, 3.8) is 0 Å². The number of benzene rings is 1. The van der Waals surface area contributed by atoms with Crippen LogP contribution in [0.1, 0.15) is 55.6 Å². The molecular formula is C19H25N3O4. The molecule has 0 saturated heterocycles. The lowest BCUT2D eigenvalue weighted by molar-refractivity contribution is 0.0594. The maximum atomic E-state index is 12.6. The minimum atomic E-state index is -0.578. The number of ether oxygens (including phenoxy) is 1. The largest absolute Gasteiger partial charge is 0.464 e. The highest BCUT2D eigenvalue weighted by molar-refractivity contribution is 5.89. The van der Waals surface area contributed by atoms with Crippen LogP contribution in [-0.4, -0.2) is 35.0 Å². The van der Waals surface area contributed by atoms with Crippen LogP contribution in [0.15, 0.2) is 34.9 Å². The minimum Gasteiger partial charge on any atom is -0.464 e. The first-order valence-electron chi connectivity index (χ1n) is 8.52. The maximum Gasteiger partial charge on any atom is 0.360 e. The van der Waals surface area contributed by atoms with E-state index < -0.39 is 5.97 Å². The van der Waals surface area contributed by atoms with Gasteiger partial charge in [-0.1, -0.05) is 26.0 Å². The number of nitrogens with zero attached hydrogens (tertiary/aromatic N) is 2. The highest BCUT2D eigenvalue weighted by Gasteiger charge is 2.21. The van der Waals surface area contributed by atoms with E-state index in [2.05, 4.69) is 28.9 Å². The van der Waals surface area contributed by atoms with Gasteiger partial charge in [0.05, 0.1) is 13.7 Å². The average molecular weight is 359 g/mol. The summed E-state index contributed by atoms with van der Waals surface area (Å²) in [6, 6.07) is 7.40. The molecule has 0 spiro atoms. The Kier molecular flexibility index (Phi) is 6.38. The molecule has 140 valence electrons. The van der Waals surface area contributed by atoms with Crippen LogP contribution in [0.25, 0.3) is 0 Å². The molecule has 0 radical (unpaired) electrons. The van der Waals surface area contributed by atoms with E-state index in [0.29, 0.717) is 11.6 Å². The first kappa shape index (κ1) is 19.5. The molecule has 0 aliphatic carbocycles. The zero-order valence-corrected chi connectivity index (χ0v) is 15.8. The molecule has 0 aliphatic rings. The smallest absolute Gasteiger partial charge is 0.360 e. The highest BCUT2D eigenvalue weighted by atomic mass is 16.5. The summed E-state index contributed by atoms with van der Waals surface area (Å²) in [5.74, 6) is 0.121. The highest BCUT2D eigenvalue weighted by Crippen LogP contribution is 2.18. The summed E-state index contributed by atoms with van der Waals surface area (Å²) in [5.41, 5.74) is 2.00. The predicted octanol–water partition coefficient (Wildman–Crippen LogP) is 4.03. The van der Waals surface area contributed by atoms with Crippen molar-refractivity contribution in [1.29, 1.82) is 0 Å². The monoisotopic (exact) mass is 359 g/mol. The number of methoxy groups -OCH3 is 1. The van der Waals surface area contributed by atoms with Crippen LogP contribution in [-0.2, 0) is 11.3 Å². The van der Waals surface area contributed by atoms with Crippen LogP contribution < -0.4 is 5.32 Å². The third-order valence-electron chi connectivity index (χ3n) is 3.96. The van der Waals surface area contributed by atoms with Crippen molar-refractivity contribution in [2.75, 3.05) is 12.4 Å². The molecule has 0 unspecified atom stereocenters. The van der Waals surface area contributed by atoms with Crippen molar-refractivity contribution in [3.8, 4) is 0 Å². The van der Waals surface area contributed by atoms with Crippen molar-refractivity contribution in [2.45, 2.75) is 46.2 Å². The number of urea groups is 1. The van der Waals surface area contributed by atoms with Crippen LogP contribution in [0, 0.1) is 0 Å². The van der Waals surface area contributed by atoms with Gasteiger partial charge in [-0.05, 0) is 37.5 Å². The summed E-state index contributed by atoms with van der Waals surface area (Å²) < 4.78 is 9.88. The van der Waals surface area contributed by atoms with Gasteiger partial charge in [0, 0.05) is 11.7 Å². The lowest BCUT2D eigenvalue weighted by Gasteiger charge is -2.25. The van der Waals surface area contributed by atoms with Gasteiger partial charge in [-0.15, -0.1) is 0 Å². The van der Waals surface area contributed by atoms with Gasteiger partial charge >= 0.3 is 12.0 Å². The Morgan fingerprint density at radius 3 is 2.38 bits per heavy atom. The molecule has 0 aliphatic heterocycles. The number of esters is 1. The van der Waals surface area contributed by atoms with Gasteiger partial charge in [-0.25, -0.2) is 14.6 Å². The molecular weight excluding hydrogens is 334 g/mol. The van der Waals surface area contributed by atoms with Crippen LogP contribution in [0.3, 0.4) is 0 Å². The molecule has 0 atom stereocenters. The third kappa shape index (κ3) is 4.84. The van der Waals surface area contributed by atoms with Crippen molar-refractivity contribution in [1.82, 2.24) is 9.88 Å². The molecule has 0 fully saturated rings.